The van der Waals surface area contributed by atoms with Crippen LogP contribution in [0.4, 0.5) is 5.69 Å². The van der Waals surface area contributed by atoms with E-state index in [1.807, 2.05) is 6.92 Å². The van der Waals surface area contributed by atoms with E-state index in [4.69, 9.17) is 0 Å². The SMILES string of the molecule is CCCCC(C)=NNC(=O)c1ccc(NC(=O)C2CC2)cc1. The number of rotatable bonds is 7. The zero-order valence-corrected chi connectivity index (χ0v) is 13.2. The molecule has 1 aromatic carbocycles. The molecular formula is C17H23N3O2. The molecule has 2 N–H and O–H groups in total. The van der Waals surface area contributed by atoms with Crippen molar-refractivity contribution in [3.8, 4) is 0 Å². The van der Waals surface area contributed by atoms with Crippen LogP contribution in [0.2, 0.25) is 0 Å². The number of hydrogen-bond acceptors (Lipinski definition) is 3. The number of anilines is 1. The molecule has 1 fully saturated rings. The highest BCUT2D eigenvalue weighted by atomic mass is 16.2. The molecule has 1 aliphatic rings. The monoisotopic (exact) mass is 301 g/mol. The van der Waals surface area contributed by atoms with Gasteiger partial charge in [0.15, 0.2) is 0 Å². The highest BCUT2D eigenvalue weighted by Crippen LogP contribution is 2.30. The highest BCUT2D eigenvalue weighted by Gasteiger charge is 2.29. The summed E-state index contributed by atoms with van der Waals surface area (Å²) in [5.41, 5.74) is 4.72. The van der Waals surface area contributed by atoms with Crippen molar-refractivity contribution in [1.82, 2.24) is 5.43 Å². The Morgan fingerprint density at radius 3 is 2.50 bits per heavy atom. The van der Waals surface area contributed by atoms with Gasteiger partial charge in [0, 0.05) is 22.9 Å². The molecule has 0 heterocycles. The molecule has 0 saturated heterocycles. The molecule has 1 aliphatic carbocycles. The van der Waals surface area contributed by atoms with Crippen molar-refractivity contribution < 1.29 is 9.59 Å². The Labute approximate surface area is 131 Å². The first-order valence-corrected chi connectivity index (χ1v) is 7.84. The summed E-state index contributed by atoms with van der Waals surface area (Å²) in [6, 6.07) is 6.86. The van der Waals surface area contributed by atoms with Gasteiger partial charge in [-0.15, -0.1) is 0 Å². The standard InChI is InChI=1S/C17H23N3O2/c1-3-4-5-12(2)19-20-17(22)14-8-10-15(11-9-14)18-16(21)13-6-7-13/h8-11,13H,3-7H2,1-2H3,(H,18,21)(H,20,22). The molecule has 0 unspecified atom stereocenters. The number of carbonyl (C=O) groups is 2. The minimum atomic E-state index is -0.240. The van der Waals surface area contributed by atoms with Gasteiger partial charge in [-0.3, -0.25) is 9.59 Å². The Morgan fingerprint density at radius 1 is 1.23 bits per heavy atom. The molecule has 5 heteroatoms. The van der Waals surface area contributed by atoms with Crippen molar-refractivity contribution in [2.75, 3.05) is 5.32 Å². The van der Waals surface area contributed by atoms with E-state index in [-0.39, 0.29) is 17.7 Å². The topological polar surface area (TPSA) is 70.6 Å². The highest BCUT2D eigenvalue weighted by molar-refractivity contribution is 5.97. The largest absolute Gasteiger partial charge is 0.326 e. The normalized spacial score (nSPS) is 14.5. The lowest BCUT2D eigenvalue weighted by Crippen LogP contribution is -2.19. The number of carbonyl (C=O) groups excluding carboxylic acids is 2. The van der Waals surface area contributed by atoms with Crippen LogP contribution in [-0.4, -0.2) is 17.5 Å². The minimum Gasteiger partial charge on any atom is -0.326 e. The van der Waals surface area contributed by atoms with Crippen molar-refractivity contribution in [1.29, 1.82) is 0 Å². The molecule has 0 aliphatic heterocycles. The second kappa shape index (κ2) is 7.73. The van der Waals surface area contributed by atoms with Crippen LogP contribution in [0.15, 0.2) is 29.4 Å². The average Bonchev–Trinajstić information content (AvgIpc) is 3.36. The second-order valence-electron chi connectivity index (χ2n) is 5.73. The number of amides is 2. The molecule has 1 aromatic rings. The second-order valence-corrected chi connectivity index (χ2v) is 5.73. The summed E-state index contributed by atoms with van der Waals surface area (Å²) >= 11 is 0. The number of hydrogen-bond donors (Lipinski definition) is 2. The van der Waals surface area contributed by atoms with E-state index in [2.05, 4.69) is 22.8 Å². The Kier molecular flexibility index (Phi) is 5.69. The third-order valence-electron chi connectivity index (χ3n) is 3.60. The van der Waals surface area contributed by atoms with E-state index < -0.39 is 0 Å². The molecule has 0 radical (unpaired) electrons. The van der Waals surface area contributed by atoms with Crippen LogP contribution in [0.25, 0.3) is 0 Å². The average molecular weight is 301 g/mol. The zero-order valence-electron chi connectivity index (χ0n) is 13.2. The van der Waals surface area contributed by atoms with Gasteiger partial charge in [-0.2, -0.15) is 5.10 Å². The molecule has 1 saturated carbocycles. The van der Waals surface area contributed by atoms with Gasteiger partial charge < -0.3 is 5.32 Å². The summed E-state index contributed by atoms with van der Waals surface area (Å²) in [4.78, 5) is 23.6. The molecule has 0 aromatic heterocycles. The number of nitrogens with zero attached hydrogens (tertiary/aromatic N) is 1. The summed E-state index contributed by atoms with van der Waals surface area (Å²) in [5, 5.41) is 6.93. The molecule has 22 heavy (non-hydrogen) atoms. The number of unbranched alkanes of at least 4 members (excludes halogenated alkanes) is 1. The van der Waals surface area contributed by atoms with E-state index in [9.17, 15) is 9.59 Å². The van der Waals surface area contributed by atoms with Crippen molar-refractivity contribution in [3.05, 3.63) is 29.8 Å². The third-order valence-corrected chi connectivity index (χ3v) is 3.60. The first-order chi connectivity index (χ1) is 10.6. The van der Waals surface area contributed by atoms with E-state index in [1.165, 1.54) is 0 Å². The maximum Gasteiger partial charge on any atom is 0.271 e. The van der Waals surface area contributed by atoms with E-state index in [1.54, 1.807) is 24.3 Å². The fraction of sp³-hybridized carbons (Fsp3) is 0.471. The quantitative estimate of drug-likeness (QED) is 0.599. The number of nitrogens with one attached hydrogen (secondary N) is 2. The Morgan fingerprint density at radius 2 is 1.91 bits per heavy atom. The third kappa shape index (κ3) is 4.98. The van der Waals surface area contributed by atoms with Crippen LogP contribution in [-0.2, 0) is 4.79 Å². The fourth-order valence-corrected chi connectivity index (χ4v) is 1.99. The molecule has 0 atom stereocenters. The maximum absolute atomic E-state index is 12.0. The first-order valence-electron chi connectivity index (χ1n) is 7.84. The molecule has 0 bridgehead atoms. The summed E-state index contributed by atoms with van der Waals surface area (Å²) in [7, 11) is 0. The van der Waals surface area contributed by atoms with E-state index in [0.717, 1.165) is 43.5 Å². The van der Waals surface area contributed by atoms with Crippen molar-refractivity contribution in [3.63, 3.8) is 0 Å². The van der Waals surface area contributed by atoms with Crippen LogP contribution in [0.1, 0.15) is 56.3 Å². The van der Waals surface area contributed by atoms with E-state index in [0.29, 0.717) is 5.56 Å². The summed E-state index contributed by atoms with van der Waals surface area (Å²) < 4.78 is 0. The maximum atomic E-state index is 12.0. The lowest BCUT2D eigenvalue weighted by atomic mass is 10.2. The van der Waals surface area contributed by atoms with Gasteiger partial charge in [0.25, 0.3) is 5.91 Å². The van der Waals surface area contributed by atoms with Crippen LogP contribution in [0, 0.1) is 5.92 Å². The summed E-state index contributed by atoms with van der Waals surface area (Å²) in [5.74, 6) is -0.00678. The van der Waals surface area contributed by atoms with Gasteiger partial charge in [0.05, 0.1) is 0 Å². The van der Waals surface area contributed by atoms with Crippen LogP contribution >= 0.6 is 0 Å². The Bertz CT molecular complexity index is 560. The molecule has 2 rings (SSSR count). The molecule has 2 amide bonds. The molecule has 118 valence electrons. The summed E-state index contributed by atoms with van der Waals surface area (Å²) in [6.07, 6.45) is 5.02. The summed E-state index contributed by atoms with van der Waals surface area (Å²) in [6.45, 7) is 4.03. The van der Waals surface area contributed by atoms with Gasteiger partial charge in [-0.25, -0.2) is 5.43 Å². The van der Waals surface area contributed by atoms with Crippen molar-refractivity contribution in [2.24, 2.45) is 11.0 Å². The van der Waals surface area contributed by atoms with Crippen molar-refractivity contribution >= 4 is 23.2 Å². The Balaban J connectivity index is 1.86. The van der Waals surface area contributed by atoms with Gasteiger partial charge in [-0.05, 0) is 56.9 Å². The van der Waals surface area contributed by atoms with Crippen LogP contribution in [0.5, 0.6) is 0 Å². The van der Waals surface area contributed by atoms with E-state index >= 15 is 0 Å². The molecule has 5 nitrogen and oxygen atoms in total. The first kappa shape index (κ1) is 16.2. The number of benzene rings is 1. The smallest absolute Gasteiger partial charge is 0.271 e. The lowest BCUT2D eigenvalue weighted by molar-refractivity contribution is -0.117. The lowest BCUT2D eigenvalue weighted by Gasteiger charge is -2.06. The minimum absolute atomic E-state index is 0.0633. The predicted molar refractivity (Wildman–Crippen MR) is 87.9 cm³/mol. The fourth-order valence-electron chi connectivity index (χ4n) is 1.99. The molecule has 0 spiro atoms. The Hall–Kier alpha value is -2.17. The van der Waals surface area contributed by atoms with Crippen LogP contribution < -0.4 is 10.7 Å². The molecular weight excluding hydrogens is 278 g/mol. The van der Waals surface area contributed by atoms with Gasteiger partial charge >= 0.3 is 0 Å². The van der Waals surface area contributed by atoms with Crippen molar-refractivity contribution in [2.45, 2.75) is 46.0 Å². The predicted octanol–water partition coefficient (Wildman–Crippen LogP) is 3.33. The van der Waals surface area contributed by atoms with Gasteiger partial charge in [0.1, 0.15) is 0 Å². The zero-order chi connectivity index (χ0) is 15.9. The van der Waals surface area contributed by atoms with Gasteiger partial charge in [0.2, 0.25) is 5.91 Å². The van der Waals surface area contributed by atoms with Gasteiger partial charge in [-0.1, -0.05) is 13.3 Å². The van der Waals surface area contributed by atoms with Crippen LogP contribution in [0.3, 0.4) is 0 Å². The number of hydrazone groups is 1.